The van der Waals surface area contributed by atoms with Crippen molar-refractivity contribution < 1.29 is 0 Å². The third kappa shape index (κ3) is 7.86. The lowest BCUT2D eigenvalue weighted by Gasteiger charge is -2.15. The minimum Gasteiger partial charge on any atom is -0.356 e. The highest BCUT2D eigenvalue weighted by atomic mass is 127. The summed E-state index contributed by atoms with van der Waals surface area (Å²) < 4.78 is 1.15. The maximum atomic E-state index is 4.27. The highest BCUT2D eigenvalue weighted by Gasteiger charge is 2.07. The summed E-state index contributed by atoms with van der Waals surface area (Å²) in [5.74, 6) is 2.45. The van der Waals surface area contributed by atoms with Gasteiger partial charge in [-0.05, 0) is 17.9 Å². The molecule has 2 N–H and O–H groups in total. The first-order chi connectivity index (χ1) is 10.8. The molecule has 0 aliphatic heterocycles. The number of aromatic nitrogens is 1. The third-order valence-corrected chi connectivity index (χ3v) is 6.23. The molecule has 0 radical (unpaired) electrons. The van der Waals surface area contributed by atoms with Crippen molar-refractivity contribution in [2.75, 3.05) is 25.9 Å². The van der Waals surface area contributed by atoms with E-state index in [1.807, 2.05) is 30.4 Å². The maximum absolute atomic E-state index is 4.27. The van der Waals surface area contributed by atoms with Crippen LogP contribution in [0.3, 0.4) is 0 Å². The Labute approximate surface area is 167 Å². The van der Waals surface area contributed by atoms with E-state index < -0.39 is 0 Å². The number of thioether (sulfide) groups is 1. The molecule has 0 aromatic carbocycles. The van der Waals surface area contributed by atoms with Gasteiger partial charge in [0.15, 0.2) is 5.96 Å². The second kappa shape index (κ2) is 12.1. The van der Waals surface area contributed by atoms with Crippen LogP contribution in [0, 0.1) is 0 Å². The van der Waals surface area contributed by atoms with E-state index >= 15 is 0 Å². The van der Waals surface area contributed by atoms with Crippen LogP contribution in [0.4, 0.5) is 0 Å². The van der Waals surface area contributed by atoms with Crippen LogP contribution >= 0.6 is 58.4 Å². The summed E-state index contributed by atoms with van der Waals surface area (Å²) in [6.45, 7) is 4.05. The molecule has 0 saturated heterocycles. The van der Waals surface area contributed by atoms with Crippen LogP contribution in [0.2, 0.25) is 0 Å². The fourth-order valence-electron chi connectivity index (χ4n) is 1.86. The Morgan fingerprint density at radius 2 is 2.22 bits per heavy atom. The molecule has 23 heavy (non-hydrogen) atoms. The van der Waals surface area contributed by atoms with Crippen LogP contribution in [0.5, 0.6) is 0 Å². The van der Waals surface area contributed by atoms with Gasteiger partial charge in [0.05, 0.1) is 0 Å². The van der Waals surface area contributed by atoms with Crippen molar-refractivity contribution in [1.82, 2.24) is 15.6 Å². The first-order valence-electron chi connectivity index (χ1n) is 7.30. The Bertz CT molecular complexity index is 543. The zero-order valence-corrected chi connectivity index (χ0v) is 18.1. The predicted octanol–water partition coefficient (Wildman–Crippen LogP) is 4.27. The van der Waals surface area contributed by atoms with Crippen LogP contribution in [0.25, 0.3) is 0 Å². The Morgan fingerprint density at radius 1 is 1.35 bits per heavy atom. The van der Waals surface area contributed by atoms with Crippen LogP contribution in [-0.4, -0.2) is 36.8 Å². The molecular formula is C15H23IN4S3. The van der Waals surface area contributed by atoms with Crippen molar-refractivity contribution in [2.45, 2.75) is 23.6 Å². The Morgan fingerprint density at radius 3 is 2.87 bits per heavy atom. The molecule has 0 aliphatic carbocycles. The van der Waals surface area contributed by atoms with Gasteiger partial charge >= 0.3 is 0 Å². The van der Waals surface area contributed by atoms with E-state index in [1.165, 1.54) is 4.88 Å². The zero-order chi connectivity index (χ0) is 15.6. The molecule has 0 bridgehead atoms. The SMILES string of the molecule is CN=C(NCCCSc1nccs1)NCC(C)c1cccs1.I. The molecule has 2 aromatic rings. The van der Waals surface area contributed by atoms with Crippen molar-refractivity contribution in [3.05, 3.63) is 34.0 Å². The van der Waals surface area contributed by atoms with Gasteiger partial charge in [-0.25, -0.2) is 4.98 Å². The molecule has 4 nitrogen and oxygen atoms in total. The van der Waals surface area contributed by atoms with Gasteiger partial charge < -0.3 is 10.6 Å². The van der Waals surface area contributed by atoms with Crippen LogP contribution in [-0.2, 0) is 0 Å². The van der Waals surface area contributed by atoms with Crippen LogP contribution in [0.1, 0.15) is 24.1 Å². The van der Waals surface area contributed by atoms with Gasteiger partial charge in [0.1, 0.15) is 4.34 Å². The fourth-order valence-corrected chi connectivity index (χ4v) is 4.30. The number of hydrogen-bond donors (Lipinski definition) is 2. The smallest absolute Gasteiger partial charge is 0.190 e. The summed E-state index contributed by atoms with van der Waals surface area (Å²) in [6.07, 6.45) is 2.94. The van der Waals surface area contributed by atoms with E-state index in [4.69, 9.17) is 0 Å². The second-order valence-corrected chi connectivity index (χ2v) is 8.01. The van der Waals surface area contributed by atoms with Gasteiger partial charge in [-0.15, -0.1) is 46.7 Å². The minimum atomic E-state index is 0. The number of thiazole rings is 1. The minimum absolute atomic E-state index is 0. The van der Waals surface area contributed by atoms with Gasteiger partial charge in [-0.3, -0.25) is 4.99 Å². The molecular weight excluding hydrogens is 459 g/mol. The van der Waals surface area contributed by atoms with Crippen LogP contribution in [0.15, 0.2) is 38.4 Å². The molecule has 0 fully saturated rings. The summed E-state index contributed by atoms with van der Waals surface area (Å²) in [6, 6.07) is 4.28. The summed E-state index contributed by atoms with van der Waals surface area (Å²) in [5, 5.41) is 10.9. The molecule has 0 amide bonds. The van der Waals surface area contributed by atoms with Crippen LogP contribution < -0.4 is 10.6 Å². The molecule has 2 aromatic heterocycles. The Hall–Kier alpha value is -0.320. The fraction of sp³-hybridized carbons (Fsp3) is 0.467. The summed E-state index contributed by atoms with van der Waals surface area (Å²) in [4.78, 5) is 9.94. The quantitative estimate of drug-likeness (QED) is 0.194. The molecule has 8 heteroatoms. The molecule has 0 saturated carbocycles. The first-order valence-corrected chi connectivity index (χ1v) is 10.0. The van der Waals surface area contributed by atoms with Crippen molar-refractivity contribution in [3.63, 3.8) is 0 Å². The number of nitrogens with zero attached hydrogens (tertiary/aromatic N) is 2. The predicted molar refractivity (Wildman–Crippen MR) is 115 cm³/mol. The standard InChI is InChI=1S/C15H22N4S3.HI/c1-12(13-5-3-8-20-13)11-19-14(16-2)17-6-4-9-21-15-18-7-10-22-15;/h3,5,7-8,10,12H,4,6,9,11H2,1-2H3,(H2,16,17,19);1H. The molecule has 2 rings (SSSR count). The van der Waals surface area contributed by atoms with Gasteiger partial charge in [-0.1, -0.05) is 24.8 Å². The third-order valence-electron chi connectivity index (χ3n) is 3.08. The number of nitrogens with one attached hydrogen (secondary N) is 2. The van der Waals surface area contributed by atoms with Gasteiger partial charge in [0, 0.05) is 48.3 Å². The Balaban J connectivity index is 0.00000264. The monoisotopic (exact) mass is 482 g/mol. The number of hydrogen-bond acceptors (Lipinski definition) is 5. The van der Waals surface area contributed by atoms with Gasteiger partial charge in [0.2, 0.25) is 0 Å². The Kier molecular flexibility index (Phi) is 10.9. The van der Waals surface area contributed by atoms with Crippen molar-refractivity contribution in [3.8, 4) is 0 Å². The molecule has 0 spiro atoms. The zero-order valence-electron chi connectivity index (χ0n) is 13.3. The van der Waals surface area contributed by atoms with Crippen molar-refractivity contribution >= 4 is 64.4 Å². The van der Waals surface area contributed by atoms with Gasteiger partial charge in [-0.2, -0.15) is 0 Å². The lowest BCUT2D eigenvalue weighted by atomic mass is 10.1. The topological polar surface area (TPSA) is 49.3 Å². The molecule has 128 valence electrons. The molecule has 0 aliphatic rings. The number of aliphatic imine (C=N–C) groups is 1. The highest BCUT2D eigenvalue weighted by Crippen LogP contribution is 2.20. The van der Waals surface area contributed by atoms with Crippen molar-refractivity contribution in [1.29, 1.82) is 0 Å². The normalized spacial score (nSPS) is 12.5. The number of halogens is 1. The number of guanidine groups is 1. The lowest BCUT2D eigenvalue weighted by molar-refractivity contribution is 0.705. The van der Waals surface area contributed by atoms with Gasteiger partial charge in [0.25, 0.3) is 0 Å². The van der Waals surface area contributed by atoms with E-state index in [-0.39, 0.29) is 24.0 Å². The molecule has 1 atom stereocenters. The largest absolute Gasteiger partial charge is 0.356 e. The number of rotatable bonds is 8. The molecule has 2 heterocycles. The molecule has 1 unspecified atom stereocenters. The second-order valence-electron chi connectivity index (χ2n) is 4.80. The number of thiophene rings is 1. The lowest BCUT2D eigenvalue weighted by Crippen LogP contribution is -2.39. The summed E-state index contributed by atoms with van der Waals surface area (Å²) in [7, 11) is 1.81. The van der Waals surface area contributed by atoms with E-state index in [1.54, 1.807) is 22.7 Å². The summed E-state index contributed by atoms with van der Waals surface area (Å²) >= 11 is 5.31. The first kappa shape index (κ1) is 20.7. The van der Waals surface area contributed by atoms with E-state index in [0.29, 0.717) is 5.92 Å². The van der Waals surface area contributed by atoms with E-state index in [9.17, 15) is 0 Å². The van der Waals surface area contributed by atoms with Crippen molar-refractivity contribution in [2.24, 2.45) is 4.99 Å². The average Bonchev–Trinajstić information content (AvgIpc) is 3.22. The van der Waals surface area contributed by atoms with E-state index in [0.717, 1.165) is 35.6 Å². The average molecular weight is 482 g/mol. The highest BCUT2D eigenvalue weighted by molar-refractivity contribution is 14.0. The summed E-state index contributed by atoms with van der Waals surface area (Å²) in [5.41, 5.74) is 0. The van der Waals surface area contributed by atoms with E-state index in [2.05, 4.69) is 45.0 Å². The maximum Gasteiger partial charge on any atom is 0.190 e.